The molecule has 0 fully saturated rings. The molecule has 4 rings (SSSR count). The Balaban J connectivity index is 1.89. The van der Waals surface area contributed by atoms with Gasteiger partial charge in [-0.3, -0.25) is 4.40 Å². The Morgan fingerprint density at radius 2 is 1.96 bits per heavy atom. The summed E-state index contributed by atoms with van der Waals surface area (Å²) in [6.45, 7) is 0. The van der Waals surface area contributed by atoms with Crippen molar-refractivity contribution in [1.82, 2.24) is 14.6 Å². The molecule has 0 aliphatic rings. The maximum Gasteiger partial charge on any atom is 0.335 e. The third-order valence-electron chi connectivity index (χ3n) is 3.62. The van der Waals surface area contributed by atoms with Crippen molar-refractivity contribution >= 4 is 11.6 Å². The first kappa shape index (κ1) is 13.3. The number of aromatic carboxylic acids is 1. The van der Waals surface area contributed by atoms with E-state index in [0.717, 1.165) is 11.1 Å². The summed E-state index contributed by atoms with van der Waals surface area (Å²) >= 11 is 0. The molecule has 0 aliphatic heterocycles. The van der Waals surface area contributed by atoms with Crippen molar-refractivity contribution in [2.24, 2.45) is 0 Å². The fourth-order valence-corrected chi connectivity index (χ4v) is 2.48. The number of nitrogens with zero attached hydrogens (tertiary/aromatic N) is 3. The Kier molecular flexibility index (Phi) is 2.94. The molecule has 0 aliphatic carbocycles. The normalized spacial score (nSPS) is 11.0. The fourth-order valence-electron chi connectivity index (χ4n) is 2.48. The van der Waals surface area contributed by atoms with Crippen LogP contribution in [0.1, 0.15) is 10.4 Å². The molecule has 0 amide bonds. The second kappa shape index (κ2) is 5.10. The average Bonchev–Trinajstić information content (AvgIpc) is 3.24. The van der Waals surface area contributed by atoms with Crippen molar-refractivity contribution in [2.45, 2.75) is 0 Å². The number of carboxylic acids is 1. The number of hydrogen-bond donors (Lipinski definition) is 1. The second-order valence-electron chi connectivity index (χ2n) is 5.07. The van der Waals surface area contributed by atoms with Crippen LogP contribution in [0.15, 0.2) is 65.6 Å². The molecule has 0 bridgehead atoms. The molecule has 23 heavy (non-hydrogen) atoms. The molecule has 6 nitrogen and oxygen atoms in total. The SMILES string of the molecule is O=C(O)c1cccc(-c2nnc3ccc(-c4ccoc4)cn23)c1. The Bertz CT molecular complexity index is 1000. The lowest BCUT2D eigenvalue weighted by atomic mass is 10.1. The minimum Gasteiger partial charge on any atom is -0.478 e. The third-order valence-corrected chi connectivity index (χ3v) is 3.62. The van der Waals surface area contributed by atoms with Gasteiger partial charge in [0.15, 0.2) is 11.5 Å². The van der Waals surface area contributed by atoms with E-state index in [1.165, 1.54) is 0 Å². The number of pyridine rings is 1. The van der Waals surface area contributed by atoms with Crippen LogP contribution < -0.4 is 0 Å². The van der Waals surface area contributed by atoms with Crippen LogP contribution in [-0.2, 0) is 0 Å². The minimum absolute atomic E-state index is 0.213. The summed E-state index contributed by atoms with van der Waals surface area (Å²) in [5.41, 5.74) is 3.51. The predicted molar refractivity (Wildman–Crippen MR) is 83.1 cm³/mol. The molecule has 0 saturated carbocycles. The number of aromatic nitrogens is 3. The van der Waals surface area contributed by atoms with Crippen molar-refractivity contribution < 1.29 is 14.3 Å². The van der Waals surface area contributed by atoms with Crippen LogP contribution in [0.5, 0.6) is 0 Å². The van der Waals surface area contributed by atoms with E-state index >= 15 is 0 Å². The maximum atomic E-state index is 11.1. The van der Waals surface area contributed by atoms with E-state index in [1.807, 2.05) is 34.9 Å². The van der Waals surface area contributed by atoms with E-state index in [1.54, 1.807) is 30.7 Å². The quantitative estimate of drug-likeness (QED) is 0.627. The van der Waals surface area contributed by atoms with E-state index in [0.29, 0.717) is 17.0 Å². The number of hydrogen-bond acceptors (Lipinski definition) is 4. The van der Waals surface area contributed by atoms with Gasteiger partial charge in [0.1, 0.15) is 0 Å². The Morgan fingerprint density at radius 3 is 2.74 bits per heavy atom. The standard InChI is InChI=1S/C17H11N3O3/c21-17(22)12-3-1-2-11(8-12)16-19-18-15-5-4-13(9-20(15)16)14-6-7-23-10-14/h1-10H,(H,21,22). The molecular formula is C17H11N3O3. The lowest BCUT2D eigenvalue weighted by Gasteiger charge is -2.03. The summed E-state index contributed by atoms with van der Waals surface area (Å²) in [7, 11) is 0. The van der Waals surface area contributed by atoms with E-state index in [9.17, 15) is 4.79 Å². The van der Waals surface area contributed by atoms with Gasteiger partial charge in [0.2, 0.25) is 0 Å². The molecule has 0 spiro atoms. The molecule has 0 unspecified atom stereocenters. The highest BCUT2D eigenvalue weighted by Crippen LogP contribution is 2.24. The Hall–Kier alpha value is -3.41. The molecule has 3 aromatic heterocycles. The summed E-state index contributed by atoms with van der Waals surface area (Å²) in [4.78, 5) is 11.1. The molecule has 0 atom stereocenters. The first-order chi connectivity index (χ1) is 11.2. The van der Waals surface area contributed by atoms with Gasteiger partial charge in [-0.1, -0.05) is 12.1 Å². The van der Waals surface area contributed by atoms with Gasteiger partial charge in [0, 0.05) is 22.9 Å². The summed E-state index contributed by atoms with van der Waals surface area (Å²) < 4.78 is 6.95. The number of fused-ring (bicyclic) bond motifs is 1. The van der Waals surface area contributed by atoms with E-state index in [4.69, 9.17) is 9.52 Å². The van der Waals surface area contributed by atoms with Crippen molar-refractivity contribution in [3.8, 4) is 22.5 Å². The van der Waals surface area contributed by atoms with Gasteiger partial charge in [-0.15, -0.1) is 10.2 Å². The first-order valence-electron chi connectivity index (χ1n) is 6.93. The average molecular weight is 305 g/mol. The fraction of sp³-hybridized carbons (Fsp3) is 0. The van der Waals surface area contributed by atoms with E-state index in [2.05, 4.69) is 10.2 Å². The number of rotatable bonds is 3. The van der Waals surface area contributed by atoms with Crippen LogP contribution in [0, 0.1) is 0 Å². The molecular weight excluding hydrogens is 294 g/mol. The smallest absolute Gasteiger partial charge is 0.335 e. The molecule has 1 N–H and O–H groups in total. The van der Waals surface area contributed by atoms with Gasteiger partial charge < -0.3 is 9.52 Å². The molecule has 112 valence electrons. The lowest BCUT2D eigenvalue weighted by molar-refractivity contribution is 0.0697. The summed E-state index contributed by atoms with van der Waals surface area (Å²) in [6, 6.07) is 12.3. The number of carbonyl (C=O) groups is 1. The highest BCUT2D eigenvalue weighted by Gasteiger charge is 2.12. The molecule has 1 aromatic carbocycles. The molecule has 3 heterocycles. The molecule has 0 saturated heterocycles. The van der Waals surface area contributed by atoms with Crippen molar-refractivity contribution in [3.63, 3.8) is 0 Å². The molecule has 4 aromatic rings. The highest BCUT2D eigenvalue weighted by atomic mass is 16.4. The number of benzene rings is 1. The lowest BCUT2D eigenvalue weighted by Crippen LogP contribution is -1.97. The van der Waals surface area contributed by atoms with Gasteiger partial charge in [-0.05, 0) is 30.3 Å². The Morgan fingerprint density at radius 1 is 1.04 bits per heavy atom. The summed E-state index contributed by atoms with van der Waals surface area (Å²) in [5.74, 6) is -0.381. The van der Waals surface area contributed by atoms with Crippen molar-refractivity contribution in [3.05, 3.63) is 66.8 Å². The predicted octanol–water partition coefficient (Wildman–Crippen LogP) is 3.35. The van der Waals surface area contributed by atoms with E-state index < -0.39 is 5.97 Å². The van der Waals surface area contributed by atoms with Crippen LogP contribution in [0.3, 0.4) is 0 Å². The second-order valence-corrected chi connectivity index (χ2v) is 5.07. The number of carboxylic acid groups (broad SMARTS) is 1. The van der Waals surface area contributed by atoms with Crippen LogP contribution in [0.4, 0.5) is 0 Å². The maximum absolute atomic E-state index is 11.1. The number of furan rings is 1. The zero-order chi connectivity index (χ0) is 15.8. The third kappa shape index (κ3) is 2.26. The zero-order valence-corrected chi connectivity index (χ0v) is 11.9. The largest absolute Gasteiger partial charge is 0.478 e. The van der Waals surface area contributed by atoms with Crippen LogP contribution in [0.25, 0.3) is 28.2 Å². The van der Waals surface area contributed by atoms with Gasteiger partial charge >= 0.3 is 5.97 Å². The van der Waals surface area contributed by atoms with Crippen LogP contribution >= 0.6 is 0 Å². The van der Waals surface area contributed by atoms with Crippen molar-refractivity contribution in [1.29, 1.82) is 0 Å². The highest BCUT2D eigenvalue weighted by molar-refractivity contribution is 5.89. The summed E-state index contributed by atoms with van der Waals surface area (Å²) in [5, 5.41) is 17.5. The first-order valence-corrected chi connectivity index (χ1v) is 6.93. The van der Waals surface area contributed by atoms with E-state index in [-0.39, 0.29) is 5.56 Å². The van der Waals surface area contributed by atoms with Crippen LogP contribution in [-0.4, -0.2) is 25.7 Å². The minimum atomic E-state index is -0.972. The monoisotopic (exact) mass is 305 g/mol. The van der Waals surface area contributed by atoms with Gasteiger partial charge in [0.05, 0.1) is 18.1 Å². The zero-order valence-electron chi connectivity index (χ0n) is 11.9. The van der Waals surface area contributed by atoms with Gasteiger partial charge in [-0.2, -0.15) is 0 Å². The topological polar surface area (TPSA) is 80.6 Å². The molecule has 0 radical (unpaired) electrons. The van der Waals surface area contributed by atoms with Crippen LogP contribution in [0.2, 0.25) is 0 Å². The van der Waals surface area contributed by atoms with Gasteiger partial charge in [0.25, 0.3) is 0 Å². The summed E-state index contributed by atoms with van der Waals surface area (Å²) in [6.07, 6.45) is 5.18. The van der Waals surface area contributed by atoms with Gasteiger partial charge in [-0.25, -0.2) is 4.79 Å². The molecule has 6 heteroatoms. The Labute approximate surface area is 130 Å². The van der Waals surface area contributed by atoms with Crippen molar-refractivity contribution in [2.75, 3.05) is 0 Å².